The molecule has 2 rings (SSSR count). The van der Waals surface area contributed by atoms with Gasteiger partial charge in [0.15, 0.2) is 0 Å². The van der Waals surface area contributed by atoms with E-state index in [9.17, 15) is 4.79 Å². The van der Waals surface area contributed by atoms with Crippen LogP contribution in [0.5, 0.6) is 0 Å². The molecule has 2 atom stereocenters. The predicted molar refractivity (Wildman–Crippen MR) is 65.2 cm³/mol. The fraction of sp³-hybridized carbons (Fsp3) is 0.923. The quantitative estimate of drug-likeness (QED) is 0.746. The van der Waals surface area contributed by atoms with Crippen molar-refractivity contribution in [2.45, 2.75) is 51.0 Å². The molecule has 92 valence electrons. The summed E-state index contributed by atoms with van der Waals surface area (Å²) in [6.07, 6.45) is 9.01. The first-order chi connectivity index (χ1) is 7.79. The average Bonchev–Trinajstić information content (AvgIpc) is 3.13. The van der Waals surface area contributed by atoms with Crippen molar-refractivity contribution >= 4 is 5.91 Å². The van der Waals surface area contributed by atoms with Crippen LogP contribution in [-0.2, 0) is 4.79 Å². The number of hydrogen-bond donors (Lipinski definition) is 2. The summed E-state index contributed by atoms with van der Waals surface area (Å²) in [6, 6.07) is 0.670. The predicted octanol–water partition coefficient (Wildman–Crippen LogP) is 1.68. The van der Waals surface area contributed by atoms with E-state index in [1.165, 1.54) is 38.5 Å². The molecule has 3 heteroatoms. The normalized spacial score (nSPS) is 30.1. The van der Waals surface area contributed by atoms with E-state index in [0.717, 1.165) is 18.4 Å². The van der Waals surface area contributed by atoms with Gasteiger partial charge in [-0.3, -0.25) is 4.79 Å². The van der Waals surface area contributed by atoms with Crippen LogP contribution in [0, 0.1) is 11.8 Å². The summed E-state index contributed by atoms with van der Waals surface area (Å²) in [5.41, 5.74) is 0. The second-order valence-corrected chi connectivity index (χ2v) is 5.34. The molecule has 0 heterocycles. The monoisotopic (exact) mass is 224 g/mol. The average molecular weight is 224 g/mol. The molecule has 2 unspecified atom stereocenters. The van der Waals surface area contributed by atoms with Gasteiger partial charge in [0.25, 0.3) is 0 Å². The molecule has 2 aliphatic carbocycles. The van der Waals surface area contributed by atoms with Gasteiger partial charge in [-0.05, 0) is 37.5 Å². The third-order valence-electron chi connectivity index (χ3n) is 4.07. The number of hydrogen-bond acceptors (Lipinski definition) is 2. The fourth-order valence-corrected chi connectivity index (χ4v) is 2.92. The maximum absolute atomic E-state index is 11.1. The molecule has 16 heavy (non-hydrogen) atoms. The molecular weight excluding hydrogens is 200 g/mol. The lowest BCUT2D eigenvalue weighted by atomic mass is 9.83. The minimum Gasteiger partial charge on any atom is -0.359 e. The Morgan fingerprint density at radius 1 is 1.19 bits per heavy atom. The first-order valence-corrected chi connectivity index (χ1v) is 6.73. The van der Waals surface area contributed by atoms with Crippen LogP contribution in [0.4, 0.5) is 0 Å². The smallest absolute Gasteiger partial charge is 0.221 e. The van der Waals surface area contributed by atoms with Gasteiger partial charge >= 0.3 is 0 Å². The Morgan fingerprint density at radius 3 is 2.69 bits per heavy atom. The molecule has 0 aromatic carbocycles. The SMILES string of the molecule is CNC(=O)CCNC1CCCC(C2CC2)C1. The molecule has 0 aliphatic heterocycles. The van der Waals surface area contributed by atoms with E-state index < -0.39 is 0 Å². The van der Waals surface area contributed by atoms with Crippen LogP contribution in [-0.4, -0.2) is 25.5 Å². The second kappa shape index (κ2) is 5.67. The van der Waals surface area contributed by atoms with Gasteiger partial charge < -0.3 is 10.6 Å². The molecule has 0 aromatic heterocycles. The highest BCUT2D eigenvalue weighted by molar-refractivity contribution is 5.75. The van der Waals surface area contributed by atoms with Crippen LogP contribution in [0.15, 0.2) is 0 Å². The minimum atomic E-state index is 0.141. The van der Waals surface area contributed by atoms with Crippen molar-refractivity contribution in [3.05, 3.63) is 0 Å². The zero-order chi connectivity index (χ0) is 11.4. The molecule has 2 aliphatic rings. The zero-order valence-electron chi connectivity index (χ0n) is 10.3. The van der Waals surface area contributed by atoms with Gasteiger partial charge in [-0.25, -0.2) is 0 Å². The molecule has 1 amide bonds. The van der Waals surface area contributed by atoms with Gasteiger partial charge in [-0.15, -0.1) is 0 Å². The Labute approximate surface area is 98.4 Å². The molecule has 0 aromatic rings. The third-order valence-corrected chi connectivity index (χ3v) is 4.07. The lowest BCUT2D eigenvalue weighted by Gasteiger charge is -2.30. The number of carbonyl (C=O) groups excluding carboxylic acids is 1. The van der Waals surface area contributed by atoms with E-state index in [2.05, 4.69) is 10.6 Å². The van der Waals surface area contributed by atoms with E-state index in [4.69, 9.17) is 0 Å². The Kier molecular flexibility index (Phi) is 4.22. The molecule has 2 fully saturated rings. The van der Waals surface area contributed by atoms with Gasteiger partial charge in [-0.2, -0.15) is 0 Å². The van der Waals surface area contributed by atoms with Crippen molar-refractivity contribution in [2.24, 2.45) is 11.8 Å². The van der Waals surface area contributed by atoms with Gasteiger partial charge in [-0.1, -0.05) is 12.8 Å². The maximum atomic E-state index is 11.1. The first-order valence-electron chi connectivity index (χ1n) is 6.73. The summed E-state index contributed by atoms with van der Waals surface area (Å²) in [6.45, 7) is 0.835. The molecule has 3 nitrogen and oxygen atoms in total. The highest BCUT2D eigenvalue weighted by Gasteiger charge is 2.34. The van der Waals surface area contributed by atoms with Crippen LogP contribution in [0.25, 0.3) is 0 Å². The summed E-state index contributed by atoms with van der Waals surface area (Å²) >= 11 is 0. The van der Waals surface area contributed by atoms with E-state index in [-0.39, 0.29) is 5.91 Å². The van der Waals surface area contributed by atoms with Crippen LogP contribution >= 0.6 is 0 Å². The van der Waals surface area contributed by atoms with Crippen LogP contribution in [0.1, 0.15) is 44.9 Å². The third kappa shape index (κ3) is 3.48. The molecule has 2 N–H and O–H groups in total. The number of nitrogens with one attached hydrogen (secondary N) is 2. The van der Waals surface area contributed by atoms with Crippen molar-refractivity contribution < 1.29 is 4.79 Å². The van der Waals surface area contributed by atoms with Crippen LogP contribution in [0.3, 0.4) is 0 Å². The number of carbonyl (C=O) groups is 1. The summed E-state index contributed by atoms with van der Waals surface area (Å²) in [7, 11) is 1.70. The maximum Gasteiger partial charge on any atom is 0.221 e. The Bertz CT molecular complexity index is 238. The van der Waals surface area contributed by atoms with Gasteiger partial charge in [0.1, 0.15) is 0 Å². The topological polar surface area (TPSA) is 41.1 Å². The fourth-order valence-electron chi connectivity index (χ4n) is 2.92. The Balaban J connectivity index is 1.63. The number of rotatable bonds is 5. The van der Waals surface area contributed by atoms with Crippen molar-refractivity contribution in [3.8, 4) is 0 Å². The van der Waals surface area contributed by atoms with Crippen molar-refractivity contribution in [3.63, 3.8) is 0 Å². The van der Waals surface area contributed by atoms with Crippen molar-refractivity contribution in [1.82, 2.24) is 10.6 Å². The van der Waals surface area contributed by atoms with Crippen LogP contribution < -0.4 is 10.6 Å². The van der Waals surface area contributed by atoms with Crippen molar-refractivity contribution in [2.75, 3.05) is 13.6 Å². The summed E-state index contributed by atoms with van der Waals surface area (Å²) in [5, 5.41) is 6.20. The van der Waals surface area contributed by atoms with Crippen LogP contribution in [0.2, 0.25) is 0 Å². The van der Waals surface area contributed by atoms with E-state index in [1.54, 1.807) is 7.05 Å². The first kappa shape index (κ1) is 11.9. The molecule has 0 saturated heterocycles. The van der Waals surface area contributed by atoms with E-state index in [1.807, 2.05) is 0 Å². The van der Waals surface area contributed by atoms with E-state index in [0.29, 0.717) is 12.5 Å². The lowest BCUT2D eigenvalue weighted by molar-refractivity contribution is -0.120. The van der Waals surface area contributed by atoms with E-state index >= 15 is 0 Å². The molecule has 0 bridgehead atoms. The zero-order valence-corrected chi connectivity index (χ0v) is 10.3. The molecule has 0 radical (unpaired) electrons. The standard InChI is InChI=1S/C13H24N2O/c1-14-13(16)7-8-15-12-4-2-3-11(9-12)10-5-6-10/h10-12,15H,2-9H2,1H3,(H,14,16). The Hall–Kier alpha value is -0.570. The van der Waals surface area contributed by atoms with Crippen molar-refractivity contribution in [1.29, 1.82) is 0 Å². The van der Waals surface area contributed by atoms with Gasteiger partial charge in [0.2, 0.25) is 5.91 Å². The second-order valence-electron chi connectivity index (χ2n) is 5.34. The summed E-state index contributed by atoms with van der Waals surface area (Å²) < 4.78 is 0. The highest BCUT2D eigenvalue weighted by Crippen LogP contribution is 2.43. The molecule has 0 spiro atoms. The molecule has 2 saturated carbocycles. The number of amides is 1. The lowest BCUT2D eigenvalue weighted by Crippen LogP contribution is -2.36. The Morgan fingerprint density at radius 2 is 2.00 bits per heavy atom. The highest BCUT2D eigenvalue weighted by atomic mass is 16.1. The largest absolute Gasteiger partial charge is 0.359 e. The summed E-state index contributed by atoms with van der Waals surface area (Å²) in [4.78, 5) is 11.1. The minimum absolute atomic E-state index is 0.141. The van der Waals surface area contributed by atoms with Gasteiger partial charge in [0, 0.05) is 26.1 Å². The van der Waals surface area contributed by atoms with Gasteiger partial charge in [0.05, 0.1) is 0 Å². The summed E-state index contributed by atoms with van der Waals surface area (Å²) in [5.74, 6) is 2.16. The molecular formula is C13H24N2O.